The van der Waals surface area contributed by atoms with Crippen molar-refractivity contribution in [2.24, 2.45) is 0 Å². The van der Waals surface area contributed by atoms with Crippen LogP contribution in [0.4, 0.5) is 0 Å². The molecule has 0 bridgehead atoms. The molecule has 0 radical (unpaired) electrons. The van der Waals surface area contributed by atoms with Crippen molar-refractivity contribution < 1.29 is 13.9 Å². The standard InChI is InChI=1S/C7H12O3P/c1-5-6-9-11(8)10-7(2,3)4/h1-4H3/q-1. The zero-order valence-electron chi connectivity index (χ0n) is 7.17. The first-order valence-electron chi connectivity index (χ1n) is 3.21. The van der Waals surface area contributed by atoms with Crippen LogP contribution in [0.1, 0.15) is 27.7 Å². The second kappa shape index (κ2) is 4.56. The van der Waals surface area contributed by atoms with Crippen molar-refractivity contribution >= 4 is 8.60 Å². The van der Waals surface area contributed by atoms with Gasteiger partial charge in [0.05, 0.1) is 5.60 Å². The van der Waals surface area contributed by atoms with Crippen LogP contribution < -0.4 is 4.89 Å². The van der Waals surface area contributed by atoms with Gasteiger partial charge in [0.25, 0.3) is 0 Å². The molecule has 1 unspecified atom stereocenters. The lowest BCUT2D eigenvalue weighted by Crippen LogP contribution is -2.19. The maximum absolute atomic E-state index is 10.8. The Hall–Kier alpha value is -0.290. The Morgan fingerprint density at radius 1 is 1.36 bits per heavy atom. The normalized spacial score (nSPS) is 13.2. The molecule has 1 atom stereocenters. The molecule has 64 valence electrons. The van der Waals surface area contributed by atoms with Gasteiger partial charge < -0.3 is 13.9 Å². The molecule has 3 nitrogen and oxygen atoms in total. The lowest BCUT2D eigenvalue weighted by Gasteiger charge is -2.27. The van der Waals surface area contributed by atoms with Gasteiger partial charge in [0.15, 0.2) is 8.60 Å². The van der Waals surface area contributed by atoms with Gasteiger partial charge in [-0.1, -0.05) is 5.92 Å². The quantitative estimate of drug-likeness (QED) is 0.470. The van der Waals surface area contributed by atoms with E-state index in [1.54, 1.807) is 27.7 Å². The first-order valence-corrected chi connectivity index (χ1v) is 4.30. The van der Waals surface area contributed by atoms with Gasteiger partial charge in [-0.3, -0.25) is 0 Å². The van der Waals surface area contributed by atoms with Crippen LogP contribution in [0.3, 0.4) is 0 Å². The van der Waals surface area contributed by atoms with Crippen molar-refractivity contribution in [1.82, 2.24) is 0 Å². The van der Waals surface area contributed by atoms with Gasteiger partial charge in [-0.05, 0) is 20.8 Å². The Morgan fingerprint density at radius 3 is 2.27 bits per heavy atom. The van der Waals surface area contributed by atoms with Gasteiger partial charge in [-0.2, -0.15) is 0 Å². The van der Waals surface area contributed by atoms with Crippen molar-refractivity contribution in [1.29, 1.82) is 0 Å². The minimum absolute atomic E-state index is 0.455. The first-order chi connectivity index (χ1) is 4.95. The molecule has 0 spiro atoms. The molecule has 11 heavy (non-hydrogen) atoms. The Bertz CT molecular complexity index is 163. The van der Waals surface area contributed by atoms with Gasteiger partial charge in [0, 0.05) is 6.92 Å². The maximum Gasteiger partial charge on any atom is 0.162 e. The van der Waals surface area contributed by atoms with Crippen LogP contribution >= 0.6 is 8.60 Å². The molecule has 0 saturated carbocycles. The van der Waals surface area contributed by atoms with Crippen LogP contribution in [0.2, 0.25) is 0 Å². The summed E-state index contributed by atoms with van der Waals surface area (Å²) in [4.78, 5) is 10.8. The molecule has 0 aliphatic heterocycles. The van der Waals surface area contributed by atoms with Crippen molar-refractivity contribution in [2.75, 3.05) is 0 Å². The molecule has 0 heterocycles. The molecule has 0 aliphatic carbocycles. The smallest absolute Gasteiger partial charge is 0.162 e. The SMILES string of the molecule is CC#COP([O-])OC(C)(C)C. The monoisotopic (exact) mass is 175 g/mol. The van der Waals surface area contributed by atoms with Crippen LogP contribution in [0, 0.1) is 12.0 Å². The van der Waals surface area contributed by atoms with E-state index in [1.165, 1.54) is 0 Å². The van der Waals surface area contributed by atoms with Crippen LogP contribution in [0.5, 0.6) is 0 Å². The van der Waals surface area contributed by atoms with Crippen LogP contribution in [0.15, 0.2) is 0 Å². The van der Waals surface area contributed by atoms with Crippen LogP contribution in [-0.2, 0) is 9.05 Å². The van der Waals surface area contributed by atoms with Gasteiger partial charge in [0.2, 0.25) is 0 Å². The second-order valence-corrected chi connectivity index (χ2v) is 3.68. The molecule has 0 N–H and O–H groups in total. The molecule has 0 aliphatic rings. The Balaban J connectivity index is 3.66. The van der Waals surface area contributed by atoms with E-state index in [0.717, 1.165) is 0 Å². The van der Waals surface area contributed by atoms with Crippen molar-refractivity contribution in [2.45, 2.75) is 33.3 Å². The fourth-order valence-electron chi connectivity index (χ4n) is 0.325. The van der Waals surface area contributed by atoms with Crippen LogP contribution in [-0.4, -0.2) is 5.60 Å². The third-order valence-corrected chi connectivity index (χ3v) is 1.51. The third kappa shape index (κ3) is 7.61. The molecule has 4 heteroatoms. The van der Waals surface area contributed by atoms with Crippen molar-refractivity contribution in [3.05, 3.63) is 0 Å². The molecular weight excluding hydrogens is 163 g/mol. The van der Waals surface area contributed by atoms with E-state index in [-0.39, 0.29) is 0 Å². The largest absolute Gasteiger partial charge is 0.775 e. The Kier molecular flexibility index (Phi) is 4.44. The number of hydrogen-bond donors (Lipinski definition) is 0. The lowest BCUT2D eigenvalue weighted by atomic mass is 10.2. The van der Waals surface area contributed by atoms with Gasteiger partial charge in [0.1, 0.15) is 6.11 Å². The molecule has 0 saturated heterocycles. The molecule has 0 aromatic rings. The Labute approximate surface area is 68.7 Å². The van der Waals surface area contributed by atoms with E-state index in [9.17, 15) is 4.89 Å². The lowest BCUT2D eigenvalue weighted by molar-refractivity contribution is -0.206. The summed E-state index contributed by atoms with van der Waals surface area (Å²) in [5, 5.41) is 0. The molecule has 0 aromatic carbocycles. The molecule has 0 fully saturated rings. The first kappa shape index (κ1) is 10.7. The molecule has 0 amide bonds. The average Bonchev–Trinajstić information content (AvgIpc) is 1.79. The van der Waals surface area contributed by atoms with E-state index in [0.29, 0.717) is 0 Å². The van der Waals surface area contributed by atoms with Crippen molar-refractivity contribution in [3.8, 4) is 12.0 Å². The zero-order chi connectivity index (χ0) is 8.91. The number of rotatable bonds is 2. The van der Waals surface area contributed by atoms with Gasteiger partial charge in [-0.15, -0.1) is 0 Å². The minimum atomic E-state index is -2.10. The third-order valence-electron chi connectivity index (χ3n) is 0.571. The van der Waals surface area contributed by atoms with E-state index in [4.69, 9.17) is 4.52 Å². The predicted molar refractivity (Wildman–Crippen MR) is 42.3 cm³/mol. The summed E-state index contributed by atoms with van der Waals surface area (Å²) < 4.78 is 9.42. The summed E-state index contributed by atoms with van der Waals surface area (Å²) in [6, 6.07) is 0. The summed E-state index contributed by atoms with van der Waals surface area (Å²) in [6.45, 7) is 6.98. The van der Waals surface area contributed by atoms with E-state index < -0.39 is 14.2 Å². The fraction of sp³-hybridized carbons (Fsp3) is 0.714. The Morgan fingerprint density at radius 2 is 1.91 bits per heavy atom. The highest BCUT2D eigenvalue weighted by Crippen LogP contribution is 2.33. The van der Waals surface area contributed by atoms with E-state index >= 15 is 0 Å². The maximum atomic E-state index is 10.8. The van der Waals surface area contributed by atoms with Gasteiger partial charge in [-0.25, -0.2) is 0 Å². The summed E-state index contributed by atoms with van der Waals surface area (Å²) in [7, 11) is -2.10. The summed E-state index contributed by atoms with van der Waals surface area (Å²) >= 11 is 0. The summed E-state index contributed by atoms with van der Waals surface area (Å²) in [6.07, 6.45) is 2.21. The fourth-order valence-corrected chi connectivity index (χ4v) is 0.975. The summed E-state index contributed by atoms with van der Waals surface area (Å²) in [5.41, 5.74) is -0.455. The minimum Gasteiger partial charge on any atom is -0.775 e. The number of hydrogen-bond acceptors (Lipinski definition) is 3. The van der Waals surface area contributed by atoms with E-state index in [2.05, 4.69) is 16.6 Å². The summed E-state index contributed by atoms with van der Waals surface area (Å²) in [5.74, 6) is 2.45. The second-order valence-electron chi connectivity index (χ2n) is 2.87. The molecule has 0 aromatic heterocycles. The highest BCUT2D eigenvalue weighted by atomic mass is 31.2. The van der Waals surface area contributed by atoms with Crippen molar-refractivity contribution in [3.63, 3.8) is 0 Å². The van der Waals surface area contributed by atoms with Gasteiger partial charge >= 0.3 is 0 Å². The van der Waals surface area contributed by atoms with E-state index in [1.807, 2.05) is 0 Å². The average molecular weight is 175 g/mol. The predicted octanol–water partition coefficient (Wildman–Crippen LogP) is 1.39. The molecule has 0 rings (SSSR count). The molecular formula is C7H12O3P-. The topological polar surface area (TPSA) is 41.5 Å². The highest BCUT2D eigenvalue weighted by Gasteiger charge is 2.12. The zero-order valence-corrected chi connectivity index (χ0v) is 8.07. The van der Waals surface area contributed by atoms with Crippen LogP contribution in [0.25, 0.3) is 0 Å². The highest BCUT2D eigenvalue weighted by molar-refractivity contribution is 7.39.